The molecule has 1 aliphatic carbocycles. The van der Waals surface area contributed by atoms with E-state index in [0.717, 1.165) is 18.7 Å². The van der Waals surface area contributed by atoms with Gasteiger partial charge in [-0.05, 0) is 36.8 Å². The first-order chi connectivity index (χ1) is 9.26. The molecule has 2 atom stereocenters. The predicted octanol–water partition coefficient (Wildman–Crippen LogP) is 2.49. The van der Waals surface area contributed by atoms with E-state index in [9.17, 15) is 5.11 Å². The molecule has 106 valence electrons. The number of methoxy groups -OCH3 is 1. The molecule has 4 nitrogen and oxygen atoms in total. The summed E-state index contributed by atoms with van der Waals surface area (Å²) in [5.74, 6) is 1.66. The highest BCUT2D eigenvalue weighted by molar-refractivity contribution is 5.72. The summed E-state index contributed by atoms with van der Waals surface area (Å²) in [6.45, 7) is 1.16. The van der Waals surface area contributed by atoms with Crippen molar-refractivity contribution in [3.8, 4) is 5.75 Å². The predicted molar refractivity (Wildman–Crippen MR) is 78.4 cm³/mol. The Kier molecular flexibility index (Phi) is 4.91. The maximum atomic E-state index is 9.42. The molecular weight excluding hydrogens is 240 g/mol. The molecule has 0 amide bonds. The lowest BCUT2D eigenvalue weighted by molar-refractivity contribution is 0.141. The number of aliphatic hydroxyl groups is 1. The molecule has 2 unspecified atom stereocenters. The molecule has 4 N–H and O–H groups in total. The largest absolute Gasteiger partial charge is 0.495 e. The zero-order valence-corrected chi connectivity index (χ0v) is 11.6. The lowest BCUT2D eigenvalue weighted by atomic mass is 9.79. The number of ether oxygens (including phenoxy) is 1. The number of anilines is 2. The minimum atomic E-state index is 0.292. The molecule has 0 aromatic heterocycles. The number of nitrogens with two attached hydrogens (primary N) is 1. The number of hydrogen-bond acceptors (Lipinski definition) is 4. The Morgan fingerprint density at radius 2 is 2.05 bits per heavy atom. The summed E-state index contributed by atoms with van der Waals surface area (Å²) in [6.07, 6.45) is 4.82. The Balaban J connectivity index is 1.98. The van der Waals surface area contributed by atoms with Crippen molar-refractivity contribution in [2.75, 3.05) is 31.3 Å². The number of nitrogens with one attached hydrogen (secondary N) is 1. The molecule has 0 aliphatic heterocycles. The van der Waals surface area contributed by atoms with Crippen LogP contribution in [0.4, 0.5) is 11.4 Å². The van der Waals surface area contributed by atoms with E-state index in [-0.39, 0.29) is 0 Å². The van der Waals surface area contributed by atoms with Gasteiger partial charge in [0, 0.05) is 13.2 Å². The molecule has 1 aromatic carbocycles. The number of para-hydroxylation sites is 1. The molecule has 0 radical (unpaired) electrons. The minimum Gasteiger partial charge on any atom is -0.495 e. The molecular formula is C15H24N2O2. The van der Waals surface area contributed by atoms with Crippen LogP contribution in [0.2, 0.25) is 0 Å². The quantitative estimate of drug-likeness (QED) is 0.715. The van der Waals surface area contributed by atoms with Crippen molar-refractivity contribution in [3.63, 3.8) is 0 Å². The Labute approximate surface area is 115 Å². The Hall–Kier alpha value is -1.42. The minimum absolute atomic E-state index is 0.292. The van der Waals surface area contributed by atoms with Gasteiger partial charge in [-0.3, -0.25) is 0 Å². The SMILES string of the molecule is COc1cccc(NCC2CCCCC2CO)c1N. The van der Waals surface area contributed by atoms with Crippen LogP contribution in [0.3, 0.4) is 0 Å². The van der Waals surface area contributed by atoms with Gasteiger partial charge in [0.2, 0.25) is 0 Å². The van der Waals surface area contributed by atoms with Crippen molar-refractivity contribution in [1.29, 1.82) is 0 Å². The summed E-state index contributed by atoms with van der Waals surface area (Å²) in [5, 5.41) is 12.8. The van der Waals surface area contributed by atoms with E-state index in [1.54, 1.807) is 7.11 Å². The van der Waals surface area contributed by atoms with Crippen molar-refractivity contribution >= 4 is 11.4 Å². The van der Waals surface area contributed by atoms with Gasteiger partial charge in [0.15, 0.2) is 0 Å². The van der Waals surface area contributed by atoms with Gasteiger partial charge in [-0.1, -0.05) is 18.9 Å². The monoisotopic (exact) mass is 264 g/mol. The summed E-state index contributed by atoms with van der Waals surface area (Å²) in [4.78, 5) is 0. The lowest BCUT2D eigenvalue weighted by Crippen LogP contribution is -2.28. The first-order valence-corrected chi connectivity index (χ1v) is 7.03. The second-order valence-electron chi connectivity index (χ2n) is 5.29. The highest BCUT2D eigenvalue weighted by Crippen LogP contribution is 2.32. The van der Waals surface area contributed by atoms with Crippen molar-refractivity contribution in [2.45, 2.75) is 25.7 Å². The molecule has 1 aliphatic rings. The van der Waals surface area contributed by atoms with E-state index in [0.29, 0.717) is 29.9 Å². The maximum Gasteiger partial charge on any atom is 0.143 e. The van der Waals surface area contributed by atoms with Crippen LogP contribution in [0.1, 0.15) is 25.7 Å². The molecule has 1 fully saturated rings. The molecule has 0 heterocycles. The first-order valence-electron chi connectivity index (χ1n) is 7.03. The zero-order valence-electron chi connectivity index (χ0n) is 11.6. The number of aliphatic hydroxyl groups excluding tert-OH is 1. The lowest BCUT2D eigenvalue weighted by Gasteiger charge is -2.30. The fourth-order valence-corrected chi connectivity index (χ4v) is 2.91. The van der Waals surface area contributed by atoms with Crippen LogP contribution in [0.25, 0.3) is 0 Å². The topological polar surface area (TPSA) is 67.5 Å². The molecule has 0 spiro atoms. The third-order valence-electron chi connectivity index (χ3n) is 4.14. The van der Waals surface area contributed by atoms with Gasteiger partial charge in [0.25, 0.3) is 0 Å². The standard InChI is InChI=1S/C15H24N2O2/c1-19-14-8-4-7-13(15(14)16)17-9-11-5-2-3-6-12(11)10-18/h4,7-8,11-12,17-18H,2-3,5-6,9-10,16H2,1H3. The van der Waals surface area contributed by atoms with Crippen molar-refractivity contribution in [2.24, 2.45) is 11.8 Å². The molecule has 0 bridgehead atoms. The molecule has 1 aromatic rings. The van der Waals surface area contributed by atoms with E-state index in [1.807, 2.05) is 18.2 Å². The van der Waals surface area contributed by atoms with Crippen LogP contribution in [-0.4, -0.2) is 25.4 Å². The van der Waals surface area contributed by atoms with E-state index >= 15 is 0 Å². The van der Waals surface area contributed by atoms with Crippen LogP contribution in [0, 0.1) is 11.8 Å². The molecule has 4 heteroatoms. The fourth-order valence-electron chi connectivity index (χ4n) is 2.91. The van der Waals surface area contributed by atoms with Gasteiger partial charge in [-0.25, -0.2) is 0 Å². The van der Waals surface area contributed by atoms with Gasteiger partial charge >= 0.3 is 0 Å². The van der Waals surface area contributed by atoms with E-state index in [2.05, 4.69) is 5.32 Å². The van der Waals surface area contributed by atoms with Crippen LogP contribution in [-0.2, 0) is 0 Å². The Morgan fingerprint density at radius 1 is 1.32 bits per heavy atom. The summed E-state index contributed by atoms with van der Waals surface area (Å²) >= 11 is 0. The highest BCUT2D eigenvalue weighted by atomic mass is 16.5. The van der Waals surface area contributed by atoms with E-state index in [4.69, 9.17) is 10.5 Å². The zero-order chi connectivity index (χ0) is 13.7. The molecule has 19 heavy (non-hydrogen) atoms. The number of nitrogen functional groups attached to an aromatic ring is 1. The molecule has 2 rings (SSSR count). The second-order valence-corrected chi connectivity index (χ2v) is 5.29. The Morgan fingerprint density at radius 3 is 2.74 bits per heavy atom. The summed E-state index contributed by atoms with van der Waals surface area (Å²) in [7, 11) is 1.62. The number of benzene rings is 1. The van der Waals surface area contributed by atoms with Gasteiger partial charge in [0.1, 0.15) is 5.75 Å². The summed E-state index contributed by atoms with van der Waals surface area (Å²) < 4.78 is 5.21. The van der Waals surface area contributed by atoms with Gasteiger partial charge in [-0.15, -0.1) is 0 Å². The van der Waals surface area contributed by atoms with E-state index in [1.165, 1.54) is 19.3 Å². The third-order valence-corrected chi connectivity index (χ3v) is 4.14. The smallest absolute Gasteiger partial charge is 0.143 e. The van der Waals surface area contributed by atoms with Crippen LogP contribution < -0.4 is 15.8 Å². The van der Waals surface area contributed by atoms with Crippen LogP contribution in [0.15, 0.2) is 18.2 Å². The molecule has 0 saturated heterocycles. The first kappa shape index (κ1) is 14.0. The summed E-state index contributed by atoms with van der Waals surface area (Å²) in [5.41, 5.74) is 7.61. The summed E-state index contributed by atoms with van der Waals surface area (Å²) in [6, 6.07) is 5.76. The molecule has 1 saturated carbocycles. The average Bonchev–Trinajstić information content (AvgIpc) is 2.46. The van der Waals surface area contributed by atoms with Crippen molar-refractivity contribution in [1.82, 2.24) is 0 Å². The Bertz CT molecular complexity index is 409. The average molecular weight is 264 g/mol. The van der Waals surface area contributed by atoms with E-state index < -0.39 is 0 Å². The van der Waals surface area contributed by atoms with Gasteiger partial charge < -0.3 is 20.9 Å². The van der Waals surface area contributed by atoms with Gasteiger partial charge in [0.05, 0.1) is 18.5 Å². The van der Waals surface area contributed by atoms with Crippen molar-refractivity contribution in [3.05, 3.63) is 18.2 Å². The number of hydrogen-bond donors (Lipinski definition) is 3. The van der Waals surface area contributed by atoms with Crippen molar-refractivity contribution < 1.29 is 9.84 Å². The van der Waals surface area contributed by atoms with Crippen LogP contribution in [0.5, 0.6) is 5.75 Å². The second kappa shape index (κ2) is 6.66. The van der Waals surface area contributed by atoms with Gasteiger partial charge in [-0.2, -0.15) is 0 Å². The van der Waals surface area contributed by atoms with Crippen LogP contribution >= 0.6 is 0 Å². The fraction of sp³-hybridized carbons (Fsp3) is 0.600. The highest BCUT2D eigenvalue weighted by Gasteiger charge is 2.24. The third kappa shape index (κ3) is 3.32. The number of rotatable bonds is 5. The maximum absolute atomic E-state index is 9.42. The normalized spacial score (nSPS) is 23.1.